The maximum atomic E-state index is 9.14. The van der Waals surface area contributed by atoms with Crippen molar-refractivity contribution in [2.75, 3.05) is 0 Å². The van der Waals surface area contributed by atoms with E-state index in [1.165, 1.54) is 0 Å². The van der Waals surface area contributed by atoms with Crippen molar-refractivity contribution in [2.45, 2.75) is 18.7 Å². The molecule has 2 fully saturated rings. The molecule has 4 nitrogen and oxygen atoms in total. The quantitative estimate of drug-likeness (QED) is 0.685. The minimum Gasteiger partial charge on any atom is -0.508 e. The van der Waals surface area contributed by atoms with Crippen molar-refractivity contribution in [1.82, 2.24) is 0 Å². The first kappa shape index (κ1) is 7.17. The van der Waals surface area contributed by atoms with Gasteiger partial charge in [0.1, 0.15) is 11.5 Å². The fourth-order valence-corrected chi connectivity index (χ4v) is 1.32. The third kappa shape index (κ3) is 1.15. The Morgan fingerprint density at radius 3 is 2.85 bits per heavy atom. The van der Waals surface area contributed by atoms with Crippen LogP contribution >= 0.6 is 0 Å². The lowest BCUT2D eigenvalue weighted by molar-refractivity contribution is -0.152. The van der Waals surface area contributed by atoms with Crippen LogP contribution in [0.15, 0.2) is 24.3 Å². The van der Waals surface area contributed by atoms with Crippen LogP contribution < -0.4 is 4.74 Å². The van der Waals surface area contributed by atoms with E-state index in [1.54, 1.807) is 24.3 Å². The van der Waals surface area contributed by atoms with Gasteiger partial charge >= 0.3 is 0 Å². The molecule has 13 heavy (non-hydrogen) atoms. The Labute approximate surface area is 74.6 Å². The highest BCUT2D eigenvalue weighted by molar-refractivity contribution is 5.32. The van der Waals surface area contributed by atoms with Crippen LogP contribution in [0.1, 0.15) is 0 Å². The molecule has 0 amide bonds. The molecule has 3 atom stereocenters. The van der Waals surface area contributed by atoms with Gasteiger partial charge in [-0.1, -0.05) is 6.07 Å². The van der Waals surface area contributed by atoms with Crippen molar-refractivity contribution >= 4 is 0 Å². The van der Waals surface area contributed by atoms with Crippen molar-refractivity contribution in [3.63, 3.8) is 0 Å². The Hall–Kier alpha value is -1.26. The van der Waals surface area contributed by atoms with E-state index in [4.69, 9.17) is 19.3 Å². The van der Waals surface area contributed by atoms with E-state index < -0.39 is 0 Å². The standard InChI is InChI=1S/C9H8O4/c10-5-2-1-3-6(4-5)11-8-7-9(12-7)13-8/h1-4,7-10H. The molecule has 0 aliphatic carbocycles. The number of aromatic hydroxyl groups is 1. The van der Waals surface area contributed by atoms with Gasteiger partial charge in [0.15, 0.2) is 12.4 Å². The van der Waals surface area contributed by atoms with Crippen molar-refractivity contribution < 1.29 is 19.3 Å². The van der Waals surface area contributed by atoms with Crippen molar-refractivity contribution in [3.8, 4) is 11.5 Å². The van der Waals surface area contributed by atoms with Gasteiger partial charge in [-0.25, -0.2) is 0 Å². The van der Waals surface area contributed by atoms with Gasteiger partial charge in [-0.3, -0.25) is 0 Å². The number of hydrogen-bond acceptors (Lipinski definition) is 4. The normalized spacial score (nSPS) is 34.6. The molecule has 2 heterocycles. The Morgan fingerprint density at radius 1 is 1.31 bits per heavy atom. The third-order valence-electron chi connectivity index (χ3n) is 2.09. The number of benzene rings is 1. The maximum Gasteiger partial charge on any atom is 0.233 e. The first-order valence-electron chi connectivity index (χ1n) is 4.09. The number of epoxide rings is 1. The molecule has 3 unspecified atom stereocenters. The predicted molar refractivity (Wildman–Crippen MR) is 42.3 cm³/mol. The largest absolute Gasteiger partial charge is 0.508 e. The molecule has 1 aromatic carbocycles. The lowest BCUT2D eigenvalue weighted by atomic mass is 10.3. The van der Waals surface area contributed by atoms with Crippen LogP contribution in [0, 0.1) is 0 Å². The Bertz CT molecular complexity index is 338. The topological polar surface area (TPSA) is 51.2 Å². The Morgan fingerprint density at radius 2 is 2.23 bits per heavy atom. The van der Waals surface area contributed by atoms with Gasteiger partial charge in [-0.15, -0.1) is 0 Å². The maximum absolute atomic E-state index is 9.14. The minimum absolute atomic E-state index is 0.0395. The van der Waals surface area contributed by atoms with E-state index in [1.807, 2.05) is 0 Å². The zero-order valence-corrected chi connectivity index (χ0v) is 6.71. The van der Waals surface area contributed by atoms with E-state index in [0.29, 0.717) is 5.75 Å². The van der Waals surface area contributed by atoms with Crippen LogP contribution in [0.3, 0.4) is 0 Å². The molecular weight excluding hydrogens is 172 g/mol. The van der Waals surface area contributed by atoms with E-state index in [9.17, 15) is 0 Å². The molecule has 68 valence electrons. The molecule has 2 aliphatic heterocycles. The monoisotopic (exact) mass is 180 g/mol. The van der Waals surface area contributed by atoms with Gasteiger partial charge in [-0.05, 0) is 12.1 Å². The molecule has 0 aromatic heterocycles. The first-order chi connectivity index (χ1) is 6.33. The average molecular weight is 180 g/mol. The van der Waals surface area contributed by atoms with E-state index >= 15 is 0 Å². The SMILES string of the molecule is Oc1cccc(OC2OC3OC23)c1. The molecule has 4 heteroatoms. The molecule has 2 saturated heterocycles. The second-order valence-corrected chi connectivity index (χ2v) is 3.09. The molecular formula is C9H8O4. The second-order valence-electron chi connectivity index (χ2n) is 3.09. The van der Waals surface area contributed by atoms with Gasteiger partial charge < -0.3 is 19.3 Å². The summed E-state index contributed by atoms with van der Waals surface area (Å²) in [5, 5.41) is 9.14. The summed E-state index contributed by atoms with van der Waals surface area (Å²) >= 11 is 0. The third-order valence-corrected chi connectivity index (χ3v) is 2.09. The summed E-state index contributed by atoms with van der Waals surface area (Å²) in [7, 11) is 0. The van der Waals surface area contributed by atoms with E-state index in [2.05, 4.69) is 0 Å². The highest BCUT2D eigenvalue weighted by Crippen LogP contribution is 2.41. The highest BCUT2D eigenvalue weighted by atomic mass is 16.9. The lowest BCUT2D eigenvalue weighted by Crippen LogP contribution is -2.38. The van der Waals surface area contributed by atoms with Gasteiger partial charge in [-0.2, -0.15) is 0 Å². The van der Waals surface area contributed by atoms with Crippen LogP contribution in [-0.4, -0.2) is 23.8 Å². The van der Waals surface area contributed by atoms with Gasteiger partial charge in [0.05, 0.1) is 0 Å². The van der Waals surface area contributed by atoms with Crippen molar-refractivity contribution in [2.24, 2.45) is 0 Å². The van der Waals surface area contributed by atoms with Crippen LogP contribution in [0.25, 0.3) is 0 Å². The fourth-order valence-electron chi connectivity index (χ4n) is 1.32. The van der Waals surface area contributed by atoms with E-state index in [-0.39, 0.29) is 24.4 Å². The number of ether oxygens (including phenoxy) is 3. The number of rotatable bonds is 2. The molecule has 3 rings (SSSR count). The number of phenols is 1. The van der Waals surface area contributed by atoms with Gasteiger partial charge in [0.2, 0.25) is 6.29 Å². The number of hydrogen-bond donors (Lipinski definition) is 1. The molecule has 0 saturated carbocycles. The Kier molecular flexibility index (Phi) is 1.31. The number of phenolic OH excluding ortho intramolecular Hbond substituents is 1. The van der Waals surface area contributed by atoms with E-state index in [0.717, 1.165) is 0 Å². The summed E-state index contributed by atoms with van der Waals surface area (Å²) in [4.78, 5) is 0. The molecule has 0 radical (unpaired) electrons. The van der Waals surface area contributed by atoms with Crippen LogP contribution in [-0.2, 0) is 9.47 Å². The summed E-state index contributed by atoms with van der Waals surface area (Å²) in [5.41, 5.74) is 0. The van der Waals surface area contributed by atoms with Gasteiger partial charge in [0.25, 0.3) is 0 Å². The van der Waals surface area contributed by atoms with Crippen molar-refractivity contribution in [1.29, 1.82) is 0 Å². The Balaban J connectivity index is 1.71. The fraction of sp³-hybridized carbons (Fsp3) is 0.333. The van der Waals surface area contributed by atoms with Crippen LogP contribution in [0.5, 0.6) is 11.5 Å². The van der Waals surface area contributed by atoms with Crippen LogP contribution in [0.2, 0.25) is 0 Å². The molecule has 1 N–H and O–H groups in total. The summed E-state index contributed by atoms with van der Waals surface area (Å²) in [6.07, 6.45) is -0.239. The molecule has 0 bridgehead atoms. The van der Waals surface area contributed by atoms with Crippen LogP contribution in [0.4, 0.5) is 0 Å². The molecule has 2 aliphatic rings. The molecule has 0 spiro atoms. The summed E-state index contributed by atoms with van der Waals surface area (Å²) < 4.78 is 15.5. The highest BCUT2D eigenvalue weighted by Gasteiger charge is 2.60. The summed E-state index contributed by atoms with van der Waals surface area (Å²) in [5.74, 6) is 0.782. The summed E-state index contributed by atoms with van der Waals surface area (Å²) in [6, 6.07) is 6.61. The smallest absolute Gasteiger partial charge is 0.233 e. The first-order valence-corrected chi connectivity index (χ1v) is 4.09. The van der Waals surface area contributed by atoms with Crippen molar-refractivity contribution in [3.05, 3.63) is 24.3 Å². The second kappa shape index (κ2) is 2.37. The number of fused-ring (bicyclic) bond motifs is 1. The lowest BCUT2D eigenvalue weighted by Gasteiger charge is -2.21. The minimum atomic E-state index is -0.299. The predicted octanol–water partition coefficient (Wildman–Crippen LogP) is 0.852. The zero-order valence-electron chi connectivity index (χ0n) is 6.71. The summed E-state index contributed by atoms with van der Waals surface area (Å²) in [6.45, 7) is 0. The molecule has 1 aromatic rings. The zero-order chi connectivity index (χ0) is 8.84. The average Bonchev–Trinajstić information content (AvgIpc) is 2.73. The van der Waals surface area contributed by atoms with Gasteiger partial charge in [0, 0.05) is 6.07 Å².